The molecule has 1 fully saturated rings. The quantitative estimate of drug-likeness (QED) is 0.794. The van der Waals surface area contributed by atoms with Crippen LogP contribution in [-0.4, -0.2) is 36.2 Å². The van der Waals surface area contributed by atoms with Crippen LogP contribution in [0.2, 0.25) is 0 Å². The van der Waals surface area contributed by atoms with Gasteiger partial charge >= 0.3 is 7.12 Å². The molecule has 2 aromatic rings. The maximum absolute atomic E-state index is 13.1. The summed E-state index contributed by atoms with van der Waals surface area (Å²) in [6, 6.07) is 11.9. The smallest absolute Gasteiger partial charge is 0.423 e. The lowest BCUT2D eigenvalue weighted by Gasteiger charge is -2.30. The molecule has 4 rings (SSSR count). The molecule has 0 amide bonds. The van der Waals surface area contributed by atoms with Crippen molar-refractivity contribution in [2.24, 2.45) is 0 Å². The van der Waals surface area contributed by atoms with Crippen LogP contribution in [0.1, 0.15) is 24.8 Å². The van der Waals surface area contributed by atoms with Crippen LogP contribution >= 0.6 is 0 Å². The van der Waals surface area contributed by atoms with Crippen molar-refractivity contribution in [3.05, 3.63) is 71.8 Å². The first-order valence-electron chi connectivity index (χ1n) is 8.82. The van der Waals surface area contributed by atoms with E-state index in [4.69, 9.17) is 19.5 Å². The minimum absolute atomic E-state index is 0.167. The van der Waals surface area contributed by atoms with Gasteiger partial charge in [0.25, 0.3) is 0 Å². The molecule has 0 aromatic heterocycles. The summed E-state index contributed by atoms with van der Waals surface area (Å²) in [6.45, 7) is 1.37. The molecule has 1 aliphatic carbocycles. The molecule has 2 aliphatic rings. The van der Waals surface area contributed by atoms with E-state index in [0.29, 0.717) is 13.2 Å². The normalized spacial score (nSPS) is 17.9. The molecule has 4 nitrogen and oxygen atoms in total. The van der Waals surface area contributed by atoms with Gasteiger partial charge in [0.1, 0.15) is 11.6 Å². The summed E-state index contributed by atoms with van der Waals surface area (Å²) in [7, 11) is -1.59. The van der Waals surface area contributed by atoms with Crippen LogP contribution in [0, 0.1) is 11.6 Å². The Morgan fingerprint density at radius 2 is 1.59 bits per heavy atom. The molecule has 0 atom stereocenters. The molecule has 1 aliphatic heterocycles. The van der Waals surface area contributed by atoms with E-state index < -0.39 is 18.7 Å². The topological polar surface area (TPSA) is 58.9 Å². The van der Waals surface area contributed by atoms with E-state index in [1.54, 1.807) is 12.1 Å². The predicted molar refractivity (Wildman–Crippen MR) is 99.1 cm³/mol. The van der Waals surface area contributed by atoms with Crippen molar-refractivity contribution < 1.29 is 28.3 Å². The van der Waals surface area contributed by atoms with Crippen LogP contribution < -0.4 is 5.46 Å². The summed E-state index contributed by atoms with van der Waals surface area (Å²) >= 11 is 0. The molecule has 2 N–H and O–H groups in total. The summed E-state index contributed by atoms with van der Waals surface area (Å²) in [6.07, 6.45) is 4.61. The highest BCUT2D eigenvalue weighted by molar-refractivity contribution is 6.58. The first-order chi connectivity index (χ1) is 13.0. The number of benzene rings is 2. The number of ether oxygens (including phenoxy) is 2. The van der Waals surface area contributed by atoms with Crippen molar-refractivity contribution in [1.82, 2.24) is 0 Å². The zero-order valence-corrected chi connectivity index (χ0v) is 14.8. The summed E-state index contributed by atoms with van der Waals surface area (Å²) in [5.41, 5.74) is 2.33. The van der Waals surface area contributed by atoms with Gasteiger partial charge in [0.15, 0.2) is 5.79 Å². The van der Waals surface area contributed by atoms with E-state index in [-0.39, 0.29) is 11.3 Å². The van der Waals surface area contributed by atoms with Crippen molar-refractivity contribution >= 4 is 18.2 Å². The third kappa shape index (κ3) is 5.23. The molecule has 2 aromatic carbocycles. The van der Waals surface area contributed by atoms with Gasteiger partial charge in [-0.2, -0.15) is 0 Å². The van der Waals surface area contributed by atoms with Crippen molar-refractivity contribution in [3.63, 3.8) is 0 Å². The van der Waals surface area contributed by atoms with Crippen molar-refractivity contribution in [3.8, 4) is 0 Å². The average Bonchev–Trinajstić information content (AvgIpc) is 3.11. The molecular formula is C20H21BF2O4. The monoisotopic (exact) mass is 374 g/mol. The van der Waals surface area contributed by atoms with Gasteiger partial charge in [-0.15, -0.1) is 0 Å². The minimum Gasteiger partial charge on any atom is -0.423 e. The lowest BCUT2D eigenvalue weighted by Crippen LogP contribution is -2.31. The maximum Gasteiger partial charge on any atom is 0.488 e. The third-order valence-electron chi connectivity index (χ3n) is 4.59. The van der Waals surface area contributed by atoms with Crippen LogP contribution in [0.15, 0.2) is 54.6 Å². The van der Waals surface area contributed by atoms with Gasteiger partial charge in [0.2, 0.25) is 0 Å². The van der Waals surface area contributed by atoms with Gasteiger partial charge in [0.05, 0.1) is 13.2 Å². The van der Waals surface area contributed by atoms with Crippen molar-refractivity contribution in [2.75, 3.05) is 13.2 Å². The molecule has 0 saturated carbocycles. The Labute approximate surface area is 157 Å². The maximum atomic E-state index is 13.1. The Kier molecular flexibility index (Phi) is 6.39. The Morgan fingerprint density at radius 1 is 0.926 bits per heavy atom. The fourth-order valence-electron chi connectivity index (χ4n) is 3.18. The van der Waals surface area contributed by atoms with Crippen LogP contribution in [0.25, 0.3) is 5.57 Å². The number of hydrogen-bond acceptors (Lipinski definition) is 4. The Hall–Kier alpha value is -2.06. The van der Waals surface area contributed by atoms with Gasteiger partial charge in [-0.25, -0.2) is 8.78 Å². The second-order valence-electron chi connectivity index (χ2n) is 6.48. The standard InChI is InChI=1S/C14H15FO2.C6H6BFO2/c15-13-3-1-2-12(10-13)11-4-6-14(7-5-11)16-8-9-17-14;8-6-3-1-2-5(4-6)7(9)10/h1-4,10H,5-9H2;1-4,9-10H. The van der Waals surface area contributed by atoms with Crippen LogP contribution in [0.4, 0.5) is 8.78 Å². The molecule has 1 saturated heterocycles. The first kappa shape index (κ1) is 19.7. The van der Waals surface area contributed by atoms with Crippen molar-refractivity contribution in [2.45, 2.75) is 25.0 Å². The van der Waals surface area contributed by atoms with Crippen LogP contribution in [0.5, 0.6) is 0 Å². The lowest BCUT2D eigenvalue weighted by atomic mass is 9.80. The van der Waals surface area contributed by atoms with Gasteiger partial charge in [-0.3, -0.25) is 0 Å². The van der Waals surface area contributed by atoms with E-state index >= 15 is 0 Å². The summed E-state index contributed by atoms with van der Waals surface area (Å²) in [4.78, 5) is 0. The van der Waals surface area contributed by atoms with Crippen molar-refractivity contribution in [1.29, 1.82) is 0 Å². The molecule has 1 heterocycles. The molecule has 142 valence electrons. The highest BCUT2D eigenvalue weighted by Crippen LogP contribution is 2.38. The molecular weight excluding hydrogens is 353 g/mol. The van der Waals surface area contributed by atoms with E-state index in [1.807, 2.05) is 6.07 Å². The van der Waals surface area contributed by atoms with Crippen LogP contribution in [0.3, 0.4) is 0 Å². The molecule has 27 heavy (non-hydrogen) atoms. The number of halogens is 2. The zero-order chi connectivity index (χ0) is 19.3. The summed E-state index contributed by atoms with van der Waals surface area (Å²) in [5.74, 6) is -1.04. The van der Waals surface area contributed by atoms with Gasteiger partial charge < -0.3 is 19.5 Å². The summed E-state index contributed by atoms with van der Waals surface area (Å²) < 4.78 is 36.7. The highest BCUT2D eigenvalue weighted by Gasteiger charge is 2.37. The second kappa shape index (κ2) is 8.76. The highest BCUT2D eigenvalue weighted by atomic mass is 19.1. The molecule has 7 heteroatoms. The van der Waals surface area contributed by atoms with E-state index in [1.165, 1.54) is 29.8 Å². The van der Waals surface area contributed by atoms with Gasteiger partial charge in [-0.1, -0.05) is 30.3 Å². The fourth-order valence-corrected chi connectivity index (χ4v) is 3.18. The minimum atomic E-state index is -1.59. The van der Waals surface area contributed by atoms with Gasteiger partial charge in [-0.05, 0) is 47.3 Å². The van der Waals surface area contributed by atoms with E-state index in [9.17, 15) is 8.78 Å². The first-order valence-corrected chi connectivity index (χ1v) is 8.82. The average molecular weight is 374 g/mol. The summed E-state index contributed by atoms with van der Waals surface area (Å²) in [5, 5.41) is 17.1. The van der Waals surface area contributed by atoms with Gasteiger partial charge in [0, 0.05) is 12.8 Å². The second-order valence-corrected chi connectivity index (χ2v) is 6.48. The van der Waals surface area contributed by atoms with E-state index in [0.717, 1.165) is 30.9 Å². The fraction of sp³-hybridized carbons (Fsp3) is 0.300. The van der Waals surface area contributed by atoms with Crippen LogP contribution in [-0.2, 0) is 9.47 Å². The zero-order valence-electron chi connectivity index (χ0n) is 14.8. The molecule has 1 spiro atoms. The lowest BCUT2D eigenvalue weighted by molar-refractivity contribution is -0.159. The largest absolute Gasteiger partial charge is 0.488 e. The Bertz CT molecular complexity index is 804. The SMILES string of the molecule is Fc1cccc(C2=CCC3(CC2)OCCO3)c1.OB(O)c1cccc(F)c1. The van der Waals surface area contributed by atoms with E-state index in [2.05, 4.69) is 6.08 Å². The number of hydrogen-bond donors (Lipinski definition) is 2. The molecule has 0 radical (unpaired) electrons. The predicted octanol–water partition coefficient (Wildman–Crippen LogP) is 2.64. The Morgan fingerprint density at radius 3 is 2.11 bits per heavy atom. The number of rotatable bonds is 2. The number of allylic oxidation sites excluding steroid dienone is 1. The third-order valence-corrected chi connectivity index (χ3v) is 4.59. The molecule has 0 unspecified atom stereocenters. The molecule has 0 bridgehead atoms. The Balaban J connectivity index is 0.000000180.